The van der Waals surface area contributed by atoms with E-state index in [1.165, 1.54) is 0 Å². The molecular formula is C11H11F4NO2S. The lowest BCUT2D eigenvalue weighted by Gasteiger charge is -2.26. The molecule has 2 rings (SSSR count). The molecule has 0 spiro atoms. The molecule has 1 aromatic rings. The third kappa shape index (κ3) is 3.24. The zero-order valence-electron chi connectivity index (χ0n) is 9.67. The van der Waals surface area contributed by atoms with Gasteiger partial charge >= 0.3 is 6.18 Å². The lowest BCUT2D eigenvalue weighted by Crippen LogP contribution is -2.35. The molecule has 1 aromatic carbocycles. The molecule has 0 aromatic heterocycles. The summed E-state index contributed by atoms with van der Waals surface area (Å²) < 4.78 is 73.2. The van der Waals surface area contributed by atoms with Crippen LogP contribution in [0.2, 0.25) is 0 Å². The number of fused-ring (bicyclic) bond motifs is 1. The molecule has 0 bridgehead atoms. The fourth-order valence-electron chi connectivity index (χ4n) is 2.06. The van der Waals surface area contributed by atoms with Crippen LogP contribution in [0.15, 0.2) is 23.1 Å². The number of hydrogen-bond acceptors (Lipinski definition) is 3. The van der Waals surface area contributed by atoms with E-state index >= 15 is 0 Å². The number of hydrogen-bond donors (Lipinski definition) is 1. The third-order valence-corrected chi connectivity index (χ3v) is 4.72. The Hall–Kier alpha value is -1.15. The van der Waals surface area contributed by atoms with Crippen molar-refractivity contribution in [2.75, 3.05) is 12.3 Å². The molecule has 1 aliphatic heterocycles. The molecule has 1 N–H and O–H groups in total. The zero-order chi connectivity index (χ0) is 14.3. The standard InChI is InChI=1S/C11H11F4NO2S/c12-7-1-2-10-8(5-7)9(3-4-19(10,17)18)16-6-11(13,14)15/h1-2,5,9,16H,3-4,6H2. The van der Waals surface area contributed by atoms with Gasteiger partial charge in [-0.25, -0.2) is 12.8 Å². The number of alkyl halides is 3. The van der Waals surface area contributed by atoms with Gasteiger partial charge in [-0.15, -0.1) is 0 Å². The summed E-state index contributed by atoms with van der Waals surface area (Å²) in [5, 5.41) is 2.23. The summed E-state index contributed by atoms with van der Waals surface area (Å²) in [5.41, 5.74) is 0.0653. The van der Waals surface area contributed by atoms with Gasteiger partial charge in [-0.1, -0.05) is 0 Å². The van der Waals surface area contributed by atoms with Crippen LogP contribution >= 0.6 is 0 Å². The van der Waals surface area contributed by atoms with Gasteiger partial charge in [-0.2, -0.15) is 13.2 Å². The number of sulfone groups is 1. The molecule has 19 heavy (non-hydrogen) atoms. The fraction of sp³-hybridized carbons (Fsp3) is 0.455. The van der Waals surface area contributed by atoms with E-state index in [0.717, 1.165) is 18.2 Å². The molecule has 1 aliphatic rings. The minimum absolute atomic E-state index is 0.00509. The lowest BCUT2D eigenvalue weighted by molar-refractivity contribution is -0.126. The Bertz CT molecular complexity index is 583. The van der Waals surface area contributed by atoms with Crippen molar-refractivity contribution in [1.29, 1.82) is 0 Å². The zero-order valence-corrected chi connectivity index (χ0v) is 10.5. The summed E-state index contributed by atoms with van der Waals surface area (Å²) in [5.74, 6) is -0.920. The number of nitrogens with one attached hydrogen (secondary N) is 1. The summed E-state index contributed by atoms with van der Waals surface area (Å²) in [6, 6.07) is 2.25. The summed E-state index contributed by atoms with van der Waals surface area (Å²) in [6.45, 7) is -1.24. The van der Waals surface area contributed by atoms with E-state index in [2.05, 4.69) is 5.32 Å². The van der Waals surface area contributed by atoms with Crippen molar-refractivity contribution in [3.05, 3.63) is 29.6 Å². The molecule has 1 heterocycles. The van der Waals surface area contributed by atoms with E-state index in [9.17, 15) is 26.0 Å². The first-order chi connectivity index (χ1) is 8.69. The highest BCUT2D eigenvalue weighted by molar-refractivity contribution is 7.91. The summed E-state index contributed by atoms with van der Waals surface area (Å²) in [7, 11) is -3.53. The maximum absolute atomic E-state index is 13.1. The van der Waals surface area contributed by atoms with Gasteiger partial charge in [-0.05, 0) is 30.2 Å². The van der Waals surface area contributed by atoms with Crippen molar-refractivity contribution in [2.45, 2.75) is 23.5 Å². The fourth-order valence-corrected chi connectivity index (χ4v) is 3.67. The van der Waals surface area contributed by atoms with Crippen molar-refractivity contribution in [3.63, 3.8) is 0 Å². The monoisotopic (exact) mass is 297 g/mol. The average molecular weight is 297 g/mol. The molecule has 1 unspecified atom stereocenters. The first-order valence-corrected chi connectivity index (χ1v) is 7.17. The molecule has 3 nitrogen and oxygen atoms in total. The van der Waals surface area contributed by atoms with E-state index in [-0.39, 0.29) is 22.6 Å². The van der Waals surface area contributed by atoms with Crippen LogP contribution in [0, 0.1) is 5.82 Å². The van der Waals surface area contributed by atoms with E-state index in [1.807, 2.05) is 0 Å². The second-order valence-corrected chi connectivity index (χ2v) is 6.42. The van der Waals surface area contributed by atoms with Crippen molar-refractivity contribution in [2.24, 2.45) is 0 Å². The Balaban J connectivity index is 2.33. The molecule has 0 aliphatic carbocycles. The third-order valence-electron chi connectivity index (χ3n) is 2.91. The van der Waals surface area contributed by atoms with Gasteiger partial charge in [0.05, 0.1) is 17.2 Å². The maximum Gasteiger partial charge on any atom is 0.401 e. The topological polar surface area (TPSA) is 46.2 Å². The summed E-state index contributed by atoms with van der Waals surface area (Å²) >= 11 is 0. The van der Waals surface area contributed by atoms with Crippen LogP contribution < -0.4 is 5.32 Å². The molecule has 8 heteroatoms. The SMILES string of the molecule is O=S1(=O)CCC(NCC(F)(F)F)c2cc(F)ccc21. The normalized spacial score (nSPS) is 22.0. The Kier molecular flexibility index (Phi) is 3.57. The Morgan fingerprint density at radius 1 is 1.32 bits per heavy atom. The van der Waals surface area contributed by atoms with Crippen LogP contribution in [-0.4, -0.2) is 26.9 Å². The van der Waals surface area contributed by atoms with Crippen molar-refractivity contribution >= 4 is 9.84 Å². The van der Waals surface area contributed by atoms with Crippen LogP contribution in [0.3, 0.4) is 0 Å². The quantitative estimate of drug-likeness (QED) is 0.672. The van der Waals surface area contributed by atoms with Gasteiger partial charge in [0, 0.05) is 6.04 Å². The molecule has 0 amide bonds. The van der Waals surface area contributed by atoms with Crippen LogP contribution in [0.4, 0.5) is 17.6 Å². The van der Waals surface area contributed by atoms with Gasteiger partial charge in [0.25, 0.3) is 0 Å². The Morgan fingerprint density at radius 2 is 2.00 bits per heavy atom. The van der Waals surface area contributed by atoms with Crippen LogP contribution in [0.1, 0.15) is 18.0 Å². The second kappa shape index (κ2) is 4.75. The molecular weight excluding hydrogens is 286 g/mol. The summed E-state index contributed by atoms with van der Waals surface area (Å²) in [6.07, 6.45) is -4.40. The highest BCUT2D eigenvalue weighted by atomic mass is 32.2. The van der Waals surface area contributed by atoms with Gasteiger partial charge < -0.3 is 5.32 Å². The van der Waals surface area contributed by atoms with E-state index in [1.54, 1.807) is 0 Å². The average Bonchev–Trinajstić information content (AvgIpc) is 2.26. The van der Waals surface area contributed by atoms with E-state index in [4.69, 9.17) is 0 Å². The highest BCUT2D eigenvalue weighted by Crippen LogP contribution is 2.33. The first-order valence-electron chi connectivity index (χ1n) is 5.51. The number of benzene rings is 1. The molecule has 1 atom stereocenters. The minimum atomic E-state index is -4.40. The Labute approximate surface area is 107 Å². The molecule has 0 saturated heterocycles. The molecule has 0 fully saturated rings. The second-order valence-electron chi connectivity index (χ2n) is 4.34. The van der Waals surface area contributed by atoms with E-state index < -0.39 is 34.4 Å². The highest BCUT2D eigenvalue weighted by Gasteiger charge is 2.34. The van der Waals surface area contributed by atoms with Crippen molar-refractivity contribution < 1.29 is 26.0 Å². The summed E-state index contributed by atoms with van der Waals surface area (Å²) in [4.78, 5) is -0.0974. The molecule has 0 saturated carbocycles. The van der Waals surface area contributed by atoms with Gasteiger partial charge in [0.15, 0.2) is 9.84 Å². The number of rotatable bonds is 2. The predicted octanol–water partition coefficient (Wildman–Crippen LogP) is 2.20. The first kappa shape index (κ1) is 14.3. The van der Waals surface area contributed by atoms with Gasteiger partial charge in [0.1, 0.15) is 5.82 Å². The number of halogens is 4. The van der Waals surface area contributed by atoms with Crippen LogP contribution in [-0.2, 0) is 9.84 Å². The molecule has 0 radical (unpaired) electrons. The lowest BCUT2D eigenvalue weighted by atomic mass is 10.0. The van der Waals surface area contributed by atoms with Crippen molar-refractivity contribution in [1.82, 2.24) is 5.32 Å². The predicted molar refractivity (Wildman–Crippen MR) is 59.9 cm³/mol. The van der Waals surface area contributed by atoms with Gasteiger partial charge in [-0.3, -0.25) is 0 Å². The van der Waals surface area contributed by atoms with E-state index in [0.29, 0.717) is 0 Å². The van der Waals surface area contributed by atoms with Crippen LogP contribution in [0.25, 0.3) is 0 Å². The van der Waals surface area contributed by atoms with Crippen LogP contribution in [0.5, 0.6) is 0 Å². The van der Waals surface area contributed by atoms with Crippen molar-refractivity contribution in [3.8, 4) is 0 Å². The Morgan fingerprint density at radius 3 is 2.63 bits per heavy atom. The molecule has 106 valence electrons. The smallest absolute Gasteiger partial charge is 0.302 e. The minimum Gasteiger partial charge on any atom is -0.302 e. The maximum atomic E-state index is 13.1. The largest absolute Gasteiger partial charge is 0.401 e. The van der Waals surface area contributed by atoms with Gasteiger partial charge in [0.2, 0.25) is 0 Å².